The summed E-state index contributed by atoms with van der Waals surface area (Å²) in [7, 11) is 0. The predicted molar refractivity (Wildman–Crippen MR) is 83.7 cm³/mol. The second-order valence-corrected chi connectivity index (χ2v) is 6.13. The molecule has 4 heteroatoms. The summed E-state index contributed by atoms with van der Waals surface area (Å²) in [6.07, 6.45) is 0. The summed E-state index contributed by atoms with van der Waals surface area (Å²) in [6.45, 7) is 0. The fourth-order valence-electron chi connectivity index (χ4n) is 2.88. The highest BCUT2D eigenvalue weighted by Gasteiger charge is 2.37. The molecule has 1 N–H and O–H groups in total. The van der Waals surface area contributed by atoms with Crippen LogP contribution in [0.25, 0.3) is 0 Å². The molecule has 2 nitrogen and oxygen atoms in total. The van der Waals surface area contributed by atoms with Crippen LogP contribution in [0.1, 0.15) is 20.0 Å². The zero-order valence-electron chi connectivity index (χ0n) is 10.7. The third kappa shape index (κ3) is 1.83. The zero-order chi connectivity index (χ0) is 13.5. The topological polar surface area (TPSA) is 24.4 Å². The Morgan fingerprint density at radius 1 is 1.20 bits per heavy atom. The number of halogens is 1. The molecular weight excluding hydrogens is 271 g/mol. The third-order valence-corrected chi connectivity index (χ3v) is 5.07. The van der Waals surface area contributed by atoms with Gasteiger partial charge in [0.1, 0.15) is 5.82 Å². The van der Waals surface area contributed by atoms with Crippen LogP contribution in [0.5, 0.6) is 0 Å². The first-order valence-electron chi connectivity index (χ1n) is 6.64. The van der Waals surface area contributed by atoms with Crippen LogP contribution in [-0.4, -0.2) is 11.5 Å². The molecule has 0 spiro atoms. The second kappa shape index (κ2) is 4.63. The van der Waals surface area contributed by atoms with Crippen molar-refractivity contribution in [3.05, 3.63) is 65.5 Å². The van der Waals surface area contributed by atoms with E-state index in [9.17, 15) is 4.39 Å². The molecule has 104 valence electrons. The van der Waals surface area contributed by atoms with Crippen LogP contribution in [0.15, 0.2) is 58.5 Å². The highest BCUT2D eigenvalue weighted by molar-refractivity contribution is 7.99. The molecule has 0 aromatic heterocycles. The number of fused-ring (bicyclic) bond motifs is 3. The maximum absolute atomic E-state index is 13.5. The van der Waals surface area contributed by atoms with Crippen molar-refractivity contribution >= 4 is 17.5 Å². The number of benzene rings is 2. The van der Waals surface area contributed by atoms with Crippen molar-refractivity contribution in [2.24, 2.45) is 11.0 Å². The maximum atomic E-state index is 13.5. The van der Waals surface area contributed by atoms with E-state index in [4.69, 9.17) is 0 Å². The Morgan fingerprint density at radius 3 is 2.90 bits per heavy atom. The Hall–Kier alpha value is -1.81. The van der Waals surface area contributed by atoms with Gasteiger partial charge >= 0.3 is 0 Å². The molecule has 0 saturated heterocycles. The van der Waals surface area contributed by atoms with Gasteiger partial charge in [0.15, 0.2) is 0 Å². The summed E-state index contributed by atoms with van der Waals surface area (Å²) in [6, 6.07) is 15.5. The fourth-order valence-corrected chi connectivity index (χ4v) is 4.07. The lowest BCUT2D eigenvalue weighted by molar-refractivity contribution is 0.529. The summed E-state index contributed by atoms with van der Waals surface area (Å²) < 4.78 is 13.5. The molecule has 0 fully saturated rings. The number of hydrazone groups is 1. The molecule has 20 heavy (non-hydrogen) atoms. The maximum Gasteiger partial charge on any atom is 0.123 e. The van der Waals surface area contributed by atoms with Gasteiger partial charge in [-0.25, -0.2) is 4.39 Å². The Balaban J connectivity index is 0.000000882. The standard InChI is InChI=1S/C16H13FN2S.2H2/c17-11-6-7-14-12(8-11)16-13(9-20-14)15(18-19-16)10-4-2-1-3-5-10;;/h1-8,13,15,18H,9H2;2*1H. The van der Waals surface area contributed by atoms with E-state index in [0.29, 0.717) is 5.92 Å². The molecule has 2 atom stereocenters. The molecule has 0 saturated carbocycles. The first-order chi connectivity index (χ1) is 9.83. The van der Waals surface area contributed by atoms with E-state index in [2.05, 4.69) is 22.7 Å². The Morgan fingerprint density at radius 2 is 2.05 bits per heavy atom. The lowest BCUT2D eigenvalue weighted by Gasteiger charge is -2.25. The summed E-state index contributed by atoms with van der Waals surface area (Å²) in [5.41, 5.74) is 6.40. The Kier molecular flexibility index (Phi) is 2.77. The number of nitrogens with one attached hydrogen (secondary N) is 1. The summed E-state index contributed by atoms with van der Waals surface area (Å²) >= 11 is 1.78. The van der Waals surface area contributed by atoms with Crippen LogP contribution in [-0.2, 0) is 0 Å². The van der Waals surface area contributed by atoms with E-state index in [1.807, 2.05) is 24.3 Å². The molecular formula is C16H17FN2S. The minimum absolute atomic E-state index is 0. The minimum atomic E-state index is -0.198. The molecule has 2 aliphatic heterocycles. The summed E-state index contributed by atoms with van der Waals surface area (Å²) in [5.74, 6) is 1.08. The van der Waals surface area contributed by atoms with Gasteiger partial charge in [-0.05, 0) is 23.8 Å². The average Bonchev–Trinajstić information content (AvgIpc) is 2.92. The number of rotatable bonds is 1. The van der Waals surface area contributed by atoms with E-state index in [1.165, 1.54) is 11.6 Å². The second-order valence-electron chi connectivity index (χ2n) is 5.07. The van der Waals surface area contributed by atoms with Gasteiger partial charge in [-0.15, -0.1) is 11.8 Å². The third-order valence-electron chi connectivity index (χ3n) is 3.87. The SMILES string of the molecule is Fc1ccc2c(c1)C1=NNC(c3ccccc3)C1CS2.[HH].[HH]. The van der Waals surface area contributed by atoms with Crippen molar-refractivity contribution in [1.82, 2.24) is 5.43 Å². The van der Waals surface area contributed by atoms with Gasteiger partial charge in [0.25, 0.3) is 0 Å². The molecule has 0 radical (unpaired) electrons. The van der Waals surface area contributed by atoms with Crippen LogP contribution < -0.4 is 5.43 Å². The smallest absolute Gasteiger partial charge is 0.123 e. The average molecular weight is 288 g/mol. The van der Waals surface area contributed by atoms with Crippen LogP contribution in [0.4, 0.5) is 4.39 Å². The van der Waals surface area contributed by atoms with E-state index in [1.54, 1.807) is 17.8 Å². The van der Waals surface area contributed by atoms with Crippen molar-refractivity contribution in [3.8, 4) is 0 Å². The number of hydrogen-bond donors (Lipinski definition) is 1. The molecule has 2 unspecified atom stereocenters. The van der Waals surface area contributed by atoms with Gasteiger partial charge in [0.05, 0.1) is 11.8 Å². The van der Waals surface area contributed by atoms with Crippen LogP contribution >= 0.6 is 11.8 Å². The molecule has 0 aliphatic carbocycles. The van der Waals surface area contributed by atoms with Gasteiger partial charge in [-0.2, -0.15) is 5.10 Å². The molecule has 2 aliphatic rings. The lowest BCUT2D eigenvalue weighted by atomic mass is 9.88. The molecule has 2 aromatic rings. The normalized spacial score (nSPS) is 23.6. The molecule has 0 bridgehead atoms. The Labute approximate surface area is 124 Å². The fraction of sp³-hybridized carbons (Fsp3) is 0.188. The summed E-state index contributed by atoms with van der Waals surface area (Å²) in [5, 5.41) is 4.48. The monoisotopic (exact) mass is 288 g/mol. The van der Waals surface area contributed by atoms with Gasteiger partial charge in [-0.3, -0.25) is 0 Å². The van der Waals surface area contributed by atoms with Gasteiger partial charge < -0.3 is 5.43 Å². The number of nitrogens with zero attached hydrogens (tertiary/aromatic N) is 1. The van der Waals surface area contributed by atoms with Crippen LogP contribution in [0, 0.1) is 11.7 Å². The van der Waals surface area contributed by atoms with E-state index in [0.717, 1.165) is 21.9 Å². The first-order valence-corrected chi connectivity index (χ1v) is 7.62. The van der Waals surface area contributed by atoms with Crippen molar-refractivity contribution in [3.63, 3.8) is 0 Å². The van der Waals surface area contributed by atoms with Crippen molar-refractivity contribution in [2.75, 3.05) is 5.75 Å². The lowest BCUT2D eigenvalue weighted by Crippen LogP contribution is -2.27. The highest BCUT2D eigenvalue weighted by atomic mass is 32.2. The molecule has 4 rings (SSSR count). The van der Waals surface area contributed by atoms with Crippen LogP contribution in [0.3, 0.4) is 0 Å². The highest BCUT2D eigenvalue weighted by Crippen LogP contribution is 2.41. The Bertz CT molecular complexity index is 694. The largest absolute Gasteiger partial charge is 0.302 e. The van der Waals surface area contributed by atoms with Gasteiger partial charge in [0, 0.05) is 25.0 Å². The van der Waals surface area contributed by atoms with Crippen molar-refractivity contribution in [2.45, 2.75) is 10.9 Å². The predicted octanol–water partition coefficient (Wildman–Crippen LogP) is 4.09. The summed E-state index contributed by atoms with van der Waals surface area (Å²) in [4.78, 5) is 1.12. The van der Waals surface area contributed by atoms with Crippen molar-refractivity contribution in [1.29, 1.82) is 0 Å². The quantitative estimate of drug-likeness (QED) is 0.854. The van der Waals surface area contributed by atoms with E-state index < -0.39 is 0 Å². The van der Waals surface area contributed by atoms with Gasteiger partial charge in [0.2, 0.25) is 0 Å². The van der Waals surface area contributed by atoms with Crippen molar-refractivity contribution < 1.29 is 7.24 Å². The zero-order valence-corrected chi connectivity index (χ0v) is 11.5. The van der Waals surface area contributed by atoms with Gasteiger partial charge in [-0.1, -0.05) is 30.3 Å². The van der Waals surface area contributed by atoms with Crippen LogP contribution in [0.2, 0.25) is 0 Å². The first kappa shape index (κ1) is 12.0. The van der Waals surface area contributed by atoms with E-state index >= 15 is 0 Å². The molecule has 0 amide bonds. The molecule has 2 aromatic carbocycles. The van der Waals surface area contributed by atoms with E-state index in [-0.39, 0.29) is 14.7 Å². The molecule has 2 heterocycles. The minimum Gasteiger partial charge on any atom is -0.302 e. The number of hydrogen-bond acceptors (Lipinski definition) is 3. The number of thioether (sulfide) groups is 1.